The average molecular weight is 264 g/mol. The van der Waals surface area contributed by atoms with Gasteiger partial charge in [-0.3, -0.25) is 0 Å². The predicted molar refractivity (Wildman–Crippen MR) is 64.7 cm³/mol. The predicted octanol–water partition coefficient (Wildman–Crippen LogP) is 0.639. The zero-order valence-corrected chi connectivity index (χ0v) is 9.68. The Bertz CT molecular complexity index is 890. The van der Waals surface area contributed by atoms with Crippen molar-refractivity contribution in [3.05, 3.63) is 50.4 Å². The van der Waals surface area contributed by atoms with Crippen molar-refractivity contribution in [1.29, 1.82) is 0 Å². The van der Waals surface area contributed by atoms with E-state index in [0.29, 0.717) is 17.4 Å². The van der Waals surface area contributed by atoms with Crippen LogP contribution in [-0.4, -0.2) is 11.1 Å². The van der Waals surface area contributed by atoms with Gasteiger partial charge in [0.15, 0.2) is 5.82 Å². The lowest BCUT2D eigenvalue weighted by Gasteiger charge is -1.94. The third kappa shape index (κ3) is 1.59. The van der Waals surface area contributed by atoms with Crippen molar-refractivity contribution in [1.82, 2.24) is 4.57 Å². The molecule has 0 unspecified atom stereocenters. The van der Waals surface area contributed by atoms with E-state index >= 15 is 0 Å². The first-order valence-corrected chi connectivity index (χ1v) is 5.60. The van der Waals surface area contributed by atoms with Crippen molar-refractivity contribution in [3.63, 3.8) is 0 Å². The second-order valence-corrected chi connectivity index (χ2v) is 4.02. The number of rotatable bonds is 2. The molecule has 0 fully saturated rings. The number of hydrogen-bond donors (Lipinski definition) is 1. The Hall–Kier alpha value is -2.41. The van der Waals surface area contributed by atoms with Crippen LogP contribution in [0.5, 0.6) is 0 Å². The summed E-state index contributed by atoms with van der Waals surface area (Å²) in [4.78, 5) is 22.5. The zero-order valence-electron chi connectivity index (χ0n) is 9.68. The second-order valence-electron chi connectivity index (χ2n) is 4.02. The molecular formula is C12H9FN2O4. The van der Waals surface area contributed by atoms with Gasteiger partial charge in [-0.25, -0.2) is 14.0 Å². The molecule has 0 amide bonds. The molecule has 98 valence electrons. The number of benzene rings is 1. The minimum absolute atomic E-state index is 0.00940. The highest BCUT2D eigenvalue weighted by molar-refractivity contribution is 5.90. The fourth-order valence-electron chi connectivity index (χ4n) is 2.13. The van der Waals surface area contributed by atoms with Crippen molar-refractivity contribution < 1.29 is 13.3 Å². The molecule has 1 aromatic carbocycles. The molecule has 2 heterocycles. The summed E-state index contributed by atoms with van der Waals surface area (Å²) in [6.45, 7) is 0.286. The van der Waals surface area contributed by atoms with Gasteiger partial charge in [0.05, 0.1) is 0 Å². The minimum atomic E-state index is -1.19. The van der Waals surface area contributed by atoms with Gasteiger partial charge in [-0.2, -0.15) is 0 Å². The average Bonchev–Trinajstić information content (AvgIpc) is 2.67. The molecule has 0 aliphatic rings. The Morgan fingerprint density at radius 1 is 1.26 bits per heavy atom. The number of halogens is 1. The Labute approximate surface area is 104 Å². The summed E-state index contributed by atoms with van der Waals surface area (Å²) >= 11 is 0. The van der Waals surface area contributed by atoms with E-state index in [1.807, 2.05) is 0 Å². The fourth-order valence-corrected chi connectivity index (χ4v) is 2.13. The molecule has 0 bridgehead atoms. The van der Waals surface area contributed by atoms with Crippen LogP contribution in [0.4, 0.5) is 4.39 Å². The van der Waals surface area contributed by atoms with Crippen molar-refractivity contribution in [2.24, 2.45) is 5.73 Å². The van der Waals surface area contributed by atoms with Crippen molar-refractivity contribution in [3.8, 4) is 0 Å². The lowest BCUT2D eigenvalue weighted by Crippen LogP contribution is -2.23. The molecule has 2 aromatic heterocycles. The van der Waals surface area contributed by atoms with Crippen LogP contribution in [0.15, 0.2) is 36.7 Å². The van der Waals surface area contributed by atoms with E-state index in [4.69, 9.17) is 14.7 Å². The Morgan fingerprint density at radius 3 is 2.79 bits per heavy atom. The van der Waals surface area contributed by atoms with Crippen LogP contribution in [0.1, 0.15) is 5.56 Å². The second kappa shape index (κ2) is 4.06. The lowest BCUT2D eigenvalue weighted by molar-refractivity contribution is 0.284. The number of hydrogen-bond acceptors (Lipinski definition) is 5. The summed E-state index contributed by atoms with van der Waals surface area (Å²) in [5.41, 5.74) is 3.78. The Balaban J connectivity index is 2.62. The van der Waals surface area contributed by atoms with Gasteiger partial charge in [0.2, 0.25) is 5.71 Å². The first-order chi connectivity index (χ1) is 9.13. The van der Waals surface area contributed by atoms with Gasteiger partial charge in [0, 0.05) is 10.9 Å². The molecule has 19 heavy (non-hydrogen) atoms. The van der Waals surface area contributed by atoms with E-state index in [1.165, 1.54) is 12.1 Å². The van der Waals surface area contributed by atoms with Gasteiger partial charge in [0.25, 0.3) is 0 Å². The summed E-state index contributed by atoms with van der Waals surface area (Å²) in [7, 11) is 0. The Kier molecular flexibility index (Phi) is 2.49. The van der Waals surface area contributed by atoms with E-state index in [0.717, 1.165) is 4.57 Å². The van der Waals surface area contributed by atoms with Crippen molar-refractivity contribution >= 4 is 16.6 Å². The summed E-state index contributed by atoms with van der Waals surface area (Å²) in [5.74, 6) is -0.576. The van der Waals surface area contributed by atoms with E-state index in [2.05, 4.69) is 0 Å². The highest BCUT2D eigenvalue weighted by Crippen LogP contribution is 2.27. The zero-order chi connectivity index (χ0) is 13.6. The number of nitrogens with zero attached hydrogens (tertiary/aromatic N) is 1. The van der Waals surface area contributed by atoms with Gasteiger partial charge in [0.1, 0.15) is 5.52 Å². The van der Waals surface area contributed by atoms with Gasteiger partial charge in [-0.1, -0.05) is 12.1 Å². The van der Waals surface area contributed by atoms with Gasteiger partial charge in [-0.05, 0) is 19.0 Å². The topological polar surface area (TPSA) is 90.9 Å². The van der Waals surface area contributed by atoms with E-state index in [-0.39, 0.29) is 17.8 Å². The molecular weight excluding hydrogens is 255 g/mol. The summed E-state index contributed by atoms with van der Waals surface area (Å²) < 4.78 is 24.5. The molecule has 6 nitrogen and oxygen atoms in total. The molecule has 2 N–H and O–H groups in total. The third-order valence-electron chi connectivity index (χ3n) is 2.88. The summed E-state index contributed by atoms with van der Waals surface area (Å²) in [5, 5.41) is 0.503. The van der Waals surface area contributed by atoms with Crippen molar-refractivity contribution in [2.45, 2.75) is 6.42 Å². The van der Waals surface area contributed by atoms with Gasteiger partial charge < -0.3 is 14.7 Å². The summed E-state index contributed by atoms with van der Waals surface area (Å²) in [6.07, 6.45) is 0.368. The van der Waals surface area contributed by atoms with E-state index < -0.39 is 17.1 Å². The molecule has 0 aliphatic carbocycles. The monoisotopic (exact) mass is 264 g/mol. The molecule has 0 atom stereocenters. The van der Waals surface area contributed by atoms with Crippen LogP contribution in [0.2, 0.25) is 0 Å². The van der Waals surface area contributed by atoms with Crippen LogP contribution in [0.3, 0.4) is 0 Å². The van der Waals surface area contributed by atoms with E-state index in [1.54, 1.807) is 6.07 Å². The summed E-state index contributed by atoms with van der Waals surface area (Å²) in [6, 6.07) is 4.40. The molecule has 0 saturated carbocycles. The highest BCUT2D eigenvalue weighted by atomic mass is 19.1. The minimum Gasteiger partial charge on any atom is -0.397 e. The largest absolute Gasteiger partial charge is 0.442 e. The number of aromatic nitrogens is 1. The molecule has 3 rings (SSSR count). The maximum Gasteiger partial charge on any atom is 0.442 e. The number of nitrogens with two attached hydrogens (primary N) is 1. The molecule has 0 saturated heterocycles. The lowest BCUT2D eigenvalue weighted by atomic mass is 10.1. The quantitative estimate of drug-likeness (QED) is 0.686. The standard InChI is InChI=1S/C12H9FN2O4/c13-8-3-1-2-6-7(4-5-14)10-15(9(6)8)19-12(17)11(16)18-10/h1-3H,4-5,14H2. The first kappa shape index (κ1) is 11.7. The number of fused-ring (bicyclic) bond motifs is 3. The smallest absolute Gasteiger partial charge is 0.397 e. The van der Waals surface area contributed by atoms with Crippen LogP contribution in [0, 0.1) is 5.82 Å². The van der Waals surface area contributed by atoms with Crippen LogP contribution < -0.4 is 17.0 Å². The van der Waals surface area contributed by atoms with Gasteiger partial charge >= 0.3 is 11.3 Å². The third-order valence-corrected chi connectivity index (χ3v) is 2.88. The van der Waals surface area contributed by atoms with Crippen LogP contribution in [-0.2, 0) is 6.42 Å². The fraction of sp³-hybridized carbons (Fsp3) is 0.167. The normalized spacial score (nSPS) is 11.5. The maximum absolute atomic E-state index is 13.9. The van der Waals surface area contributed by atoms with Gasteiger partial charge in [-0.15, -0.1) is 4.57 Å². The molecule has 7 heteroatoms. The Morgan fingerprint density at radius 2 is 2.05 bits per heavy atom. The molecule has 0 spiro atoms. The van der Waals surface area contributed by atoms with E-state index in [9.17, 15) is 14.0 Å². The highest BCUT2D eigenvalue weighted by Gasteiger charge is 2.19. The first-order valence-electron chi connectivity index (χ1n) is 5.60. The molecule has 0 aliphatic heterocycles. The number of para-hydroxylation sites is 1. The van der Waals surface area contributed by atoms with Crippen molar-refractivity contribution in [2.75, 3.05) is 6.54 Å². The van der Waals surface area contributed by atoms with Crippen LogP contribution in [0.25, 0.3) is 16.6 Å². The molecule has 0 radical (unpaired) electrons. The van der Waals surface area contributed by atoms with Crippen LogP contribution >= 0.6 is 0 Å². The molecule has 3 aromatic rings. The maximum atomic E-state index is 13.9. The SMILES string of the molecule is NCCc1c2cccc(F)c2n2oc(=O)c(=O)oc12.